The van der Waals surface area contributed by atoms with Crippen LogP contribution in [0.25, 0.3) is 0 Å². The Kier molecular flexibility index (Phi) is 5.92. The van der Waals surface area contributed by atoms with E-state index in [1.54, 1.807) is 0 Å². The number of benzene rings is 1. The summed E-state index contributed by atoms with van der Waals surface area (Å²) in [4.78, 5) is 11.9. The highest BCUT2D eigenvalue weighted by Gasteiger charge is 2.20. The van der Waals surface area contributed by atoms with Crippen LogP contribution in [-0.4, -0.2) is 33.1 Å². The maximum absolute atomic E-state index is 12.1. The van der Waals surface area contributed by atoms with Gasteiger partial charge in [-0.3, -0.25) is 4.79 Å². The molecule has 118 valence electrons. The number of primary sulfonamides is 1. The summed E-state index contributed by atoms with van der Waals surface area (Å²) in [5, 5.41) is 7.81. The predicted molar refractivity (Wildman–Crippen MR) is 83.6 cm³/mol. The van der Waals surface area contributed by atoms with Crippen LogP contribution < -0.4 is 10.5 Å². The van der Waals surface area contributed by atoms with Crippen molar-refractivity contribution >= 4 is 31.9 Å². The Morgan fingerprint density at radius 2 is 2.05 bits per heavy atom. The van der Waals surface area contributed by atoms with E-state index >= 15 is 0 Å². The van der Waals surface area contributed by atoms with Gasteiger partial charge in [0.1, 0.15) is 0 Å². The van der Waals surface area contributed by atoms with E-state index in [0.717, 1.165) is 0 Å². The first-order valence-corrected chi connectivity index (χ1v) is 8.65. The summed E-state index contributed by atoms with van der Waals surface area (Å²) >= 11 is 3.10. The summed E-state index contributed by atoms with van der Waals surface area (Å²) < 4.78 is 28.6. The fourth-order valence-electron chi connectivity index (χ4n) is 1.70. The van der Waals surface area contributed by atoms with Crippen LogP contribution in [0.1, 0.15) is 31.1 Å². The van der Waals surface area contributed by atoms with Crippen molar-refractivity contribution in [3.05, 3.63) is 28.2 Å². The topological polar surface area (TPSA) is 98.5 Å². The number of carbonyl (C=O) groups is 1. The first-order valence-electron chi connectivity index (χ1n) is 6.31. The van der Waals surface area contributed by atoms with Gasteiger partial charge >= 0.3 is 0 Å². The second-order valence-corrected chi connectivity index (χ2v) is 7.45. The van der Waals surface area contributed by atoms with Gasteiger partial charge in [-0.25, -0.2) is 13.6 Å². The van der Waals surface area contributed by atoms with Crippen molar-refractivity contribution in [1.82, 2.24) is 5.32 Å². The quantitative estimate of drug-likeness (QED) is 0.785. The molecule has 0 aliphatic rings. The van der Waals surface area contributed by atoms with Crippen LogP contribution in [0.15, 0.2) is 27.6 Å². The smallest absolute Gasteiger partial charge is 0.251 e. The zero-order valence-electron chi connectivity index (χ0n) is 12.1. The number of sulfonamides is 1. The zero-order valence-corrected chi connectivity index (χ0v) is 14.5. The van der Waals surface area contributed by atoms with Crippen molar-refractivity contribution in [2.45, 2.75) is 31.3 Å². The van der Waals surface area contributed by atoms with Gasteiger partial charge in [0.15, 0.2) is 0 Å². The third-order valence-electron chi connectivity index (χ3n) is 2.71. The average Bonchev–Trinajstić information content (AvgIpc) is 2.35. The third-order valence-corrected chi connectivity index (χ3v) is 4.61. The molecule has 1 amide bonds. The molecule has 0 radical (unpaired) electrons. The number of carbonyl (C=O) groups excluding carboxylic acids is 1. The van der Waals surface area contributed by atoms with Gasteiger partial charge in [0.25, 0.3) is 5.91 Å². The van der Waals surface area contributed by atoms with Gasteiger partial charge in [0.05, 0.1) is 10.5 Å². The molecule has 0 aliphatic carbocycles. The highest BCUT2D eigenvalue weighted by atomic mass is 79.9. The summed E-state index contributed by atoms with van der Waals surface area (Å²) in [6, 6.07) is 4.23. The van der Waals surface area contributed by atoms with E-state index in [1.807, 2.05) is 20.8 Å². The average molecular weight is 379 g/mol. The molecular formula is C13H19BrN2O4S. The van der Waals surface area contributed by atoms with Crippen LogP contribution in [0, 0.1) is 0 Å². The minimum absolute atomic E-state index is 0.126. The summed E-state index contributed by atoms with van der Waals surface area (Å²) in [5.41, 5.74) is -0.280. The van der Waals surface area contributed by atoms with Crippen LogP contribution >= 0.6 is 15.9 Å². The van der Waals surface area contributed by atoms with E-state index in [2.05, 4.69) is 21.2 Å². The first kappa shape index (κ1) is 18.1. The molecule has 1 aromatic carbocycles. The lowest BCUT2D eigenvalue weighted by atomic mass is 10.1. The number of amides is 1. The van der Waals surface area contributed by atoms with Gasteiger partial charge in [-0.1, -0.05) is 0 Å². The summed E-state index contributed by atoms with van der Waals surface area (Å²) in [7, 11) is -3.89. The first-order chi connectivity index (χ1) is 9.57. The predicted octanol–water partition coefficient (Wildman–Crippen LogP) is 1.64. The van der Waals surface area contributed by atoms with Crippen molar-refractivity contribution < 1.29 is 17.9 Å². The van der Waals surface area contributed by atoms with Crippen molar-refractivity contribution in [3.63, 3.8) is 0 Å². The number of hydrogen-bond acceptors (Lipinski definition) is 4. The Balaban J connectivity index is 2.90. The molecule has 0 saturated carbocycles. The van der Waals surface area contributed by atoms with E-state index in [9.17, 15) is 13.2 Å². The van der Waals surface area contributed by atoms with Gasteiger partial charge in [-0.2, -0.15) is 0 Å². The Hall–Kier alpha value is -0.960. The molecule has 0 spiro atoms. The molecule has 0 unspecified atom stereocenters. The van der Waals surface area contributed by atoms with Gasteiger partial charge in [-0.05, 0) is 54.9 Å². The molecule has 1 aromatic rings. The van der Waals surface area contributed by atoms with Crippen LogP contribution in [0.3, 0.4) is 0 Å². The van der Waals surface area contributed by atoms with Crippen LogP contribution in [0.5, 0.6) is 0 Å². The van der Waals surface area contributed by atoms with Crippen molar-refractivity contribution in [1.29, 1.82) is 0 Å². The molecule has 0 saturated heterocycles. The largest absolute Gasteiger partial charge is 0.374 e. The number of nitrogens with one attached hydrogen (secondary N) is 1. The third kappa shape index (κ3) is 5.39. The molecule has 0 aliphatic heterocycles. The summed E-state index contributed by atoms with van der Waals surface area (Å²) in [6.07, 6.45) is 0. The number of halogens is 1. The normalized spacial score (nSPS) is 12.2. The molecule has 0 bridgehead atoms. The van der Waals surface area contributed by atoms with Crippen LogP contribution in [0.4, 0.5) is 0 Å². The van der Waals surface area contributed by atoms with Gasteiger partial charge < -0.3 is 10.1 Å². The molecule has 6 nitrogen and oxygen atoms in total. The summed E-state index contributed by atoms with van der Waals surface area (Å²) in [5.74, 6) is -0.389. The minimum atomic E-state index is -3.89. The monoisotopic (exact) mass is 378 g/mol. The lowest BCUT2D eigenvalue weighted by molar-refractivity contribution is -0.00815. The van der Waals surface area contributed by atoms with E-state index in [1.165, 1.54) is 18.2 Å². The fraction of sp³-hybridized carbons (Fsp3) is 0.462. The van der Waals surface area contributed by atoms with Crippen molar-refractivity contribution in [2.24, 2.45) is 5.14 Å². The maximum atomic E-state index is 12.1. The standard InChI is InChI=1S/C13H19BrN2O4S/c1-4-20-13(2,3)8-16-12(17)9-5-6-10(14)11(7-9)21(15,18)19/h5-7H,4,8H2,1-3H3,(H,16,17)(H2,15,18,19). The molecule has 21 heavy (non-hydrogen) atoms. The molecule has 8 heteroatoms. The van der Waals surface area contributed by atoms with Crippen LogP contribution in [-0.2, 0) is 14.8 Å². The van der Waals surface area contributed by atoms with Crippen molar-refractivity contribution in [2.75, 3.05) is 13.2 Å². The highest BCUT2D eigenvalue weighted by Crippen LogP contribution is 2.22. The second-order valence-electron chi connectivity index (χ2n) is 5.07. The number of nitrogens with two attached hydrogens (primary N) is 1. The van der Waals surface area contributed by atoms with Gasteiger partial charge in [-0.15, -0.1) is 0 Å². The summed E-state index contributed by atoms with van der Waals surface area (Å²) in [6.45, 7) is 6.43. The lowest BCUT2D eigenvalue weighted by Gasteiger charge is -2.24. The molecular weight excluding hydrogens is 360 g/mol. The molecule has 0 aromatic heterocycles. The fourth-order valence-corrected chi connectivity index (χ4v) is 3.25. The van der Waals surface area contributed by atoms with E-state index in [4.69, 9.17) is 9.88 Å². The molecule has 1 rings (SSSR count). The maximum Gasteiger partial charge on any atom is 0.251 e. The number of rotatable bonds is 6. The Morgan fingerprint density at radius 3 is 2.57 bits per heavy atom. The lowest BCUT2D eigenvalue weighted by Crippen LogP contribution is -2.40. The minimum Gasteiger partial charge on any atom is -0.374 e. The molecule has 0 fully saturated rings. The molecule has 0 heterocycles. The van der Waals surface area contributed by atoms with E-state index in [0.29, 0.717) is 17.6 Å². The second kappa shape index (κ2) is 6.87. The van der Waals surface area contributed by atoms with Gasteiger partial charge in [0, 0.05) is 23.2 Å². The van der Waals surface area contributed by atoms with Crippen LogP contribution in [0.2, 0.25) is 0 Å². The number of hydrogen-bond donors (Lipinski definition) is 2. The zero-order chi connectivity index (χ0) is 16.3. The van der Waals surface area contributed by atoms with Gasteiger partial charge in [0.2, 0.25) is 10.0 Å². The Labute approximate surface area is 133 Å². The highest BCUT2D eigenvalue weighted by molar-refractivity contribution is 9.10. The van der Waals surface area contributed by atoms with Crippen molar-refractivity contribution in [3.8, 4) is 0 Å². The van der Waals surface area contributed by atoms with E-state index in [-0.39, 0.29) is 16.4 Å². The van der Waals surface area contributed by atoms with E-state index < -0.39 is 15.6 Å². The Bertz CT molecular complexity index is 629. The Morgan fingerprint density at radius 1 is 1.43 bits per heavy atom. The SMILES string of the molecule is CCOC(C)(C)CNC(=O)c1ccc(Br)c(S(N)(=O)=O)c1. The number of ether oxygens (including phenoxy) is 1. The molecule has 3 N–H and O–H groups in total. The molecule has 0 atom stereocenters.